The molecule has 0 spiro atoms. The van der Waals surface area contributed by atoms with Crippen LogP contribution in [0, 0.1) is 5.92 Å². The van der Waals surface area contributed by atoms with Crippen LogP contribution < -0.4 is 5.32 Å². The van der Waals surface area contributed by atoms with Crippen molar-refractivity contribution in [2.24, 2.45) is 5.92 Å². The van der Waals surface area contributed by atoms with E-state index in [2.05, 4.69) is 5.32 Å². The predicted molar refractivity (Wildman–Crippen MR) is 64.0 cm³/mol. The Morgan fingerprint density at radius 2 is 1.72 bits per heavy atom. The molecule has 1 atom stereocenters. The average molecular weight is 261 g/mol. The van der Waals surface area contributed by atoms with Crippen molar-refractivity contribution in [3.63, 3.8) is 0 Å². The van der Waals surface area contributed by atoms with Crippen molar-refractivity contribution in [1.82, 2.24) is 5.32 Å². The Labute approximate surface area is 105 Å². The Morgan fingerprint density at radius 3 is 2.11 bits per heavy atom. The molecule has 1 unspecified atom stereocenters. The van der Waals surface area contributed by atoms with Crippen LogP contribution in [-0.2, 0) is 12.7 Å². The van der Waals surface area contributed by atoms with Crippen LogP contribution in [0.2, 0.25) is 0 Å². The fourth-order valence-corrected chi connectivity index (χ4v) is 1.57. The summed E-state index contributed by atoms with van der Waals surface area (Å²) in [6.45, 7) is 4.40. The zero-order valence-electron chi connectivity index (χ0n) is 10.5. The van der Waals surface area contributed by atoms with Crippen LogP contribution in [0.3, 0.4) is 0 Å². The number of hydrogen-bond acceptors (Lipinski definition) is 2. The monoisotopic (exact) mass is 261 g/mol. The highest BCUT2D eigenvalue weighted by Crippen LogP contribution is 2.29. The first-order valence-electron chi connectivity index (χ1n) is 5.85. The van der Waals surface area contributed by atoms with Gasteiger partial charge in [-0.05, 0) is 23.6 Å². The van der Waals surface area contributed by atoms with E-state index >= 15 is 0 Å². The summed E-state index contributed by atoms with van der Waals surface area (Å²) in [5.74, 6) is 0.268. The van der Waals surface area contributed by atoms with Gasteiger partial charge in [0.25, 0.3) is 0 Å². The summed E-state index contributed by atoms with van der Waals surface area (Å²) in [7, 11) is 0. The number of rotatable bonds is 5. The van der Waals surface area contributed by atoms with Crippen molar-refractivity contribution in [2.45, 2.75) is 32.6 Å². The third kappa shape index (κ3) is 4.31. The highest BCUT2D eigenvalue weighted by atomic mass is 19.4. The Hall–Kier alpha value is -1.07. The van der Waals surface area contributed by atoms with Crippen LogP contribution in [-0.4, -0.2) is 17.8 Å². The van der Waals surface area contributed by atoms with E-state index in [0.717, 1.165) is 17.7 Å². The zero-order valence-corrected chi connectivity index (χ0v) is 10.5. The first-order valence-corrected chi connectivity index (χ1v) is 5.85. The van der Waals surface area contributed by atoms with Gasteiger partial charge in [-0.2, -0.15) is 13.2 Å². The van der Waals surface area contributed by atoms with E-state index in [9.17, 15) is 13.2 Å². The van der Waals surface area contributed by atoms with Gasteiger partial charge in [-0.15, -0.1) is 0 Å². The highest BCUT2D eigenvalue weighted by Gasteiger charge is 2.29. The molecule has 5 heteroatoms. The highest BCUT2D eigenvalue weighted by molar-refractivity contribution is 5.24. The average Bonchev–Trinajstić information content (AvgIpc) is 2.29. The van der Waals surface area contributed by atoms with E-state index in [0.29, 0.717) is 6.54 Å². The second-order valence-corrected chi connectivity index (χ2v) is 4.61. The fraction of sp³-hybridized carbons (Fsp3) is 0.538. The van der Waals surface area contributed by atoms with E-state index in [1.165, 1.54) is 12.1 Å². The quantitative estimate of drug-likeness (QED) is 0.854. The topological polar surface area (TPSA) is 32.3 Å². The molecule has 0 aliphatic carbocycles. The third-order valence-electron chi connectivity index (χ3n) is 2.85. The van der Waals surface area contributed by atoms with Crippen LogP contribution in [0.1, 0.15) is 25.0 Å². The fourth-order valence-electron chi connectivity index (χ4n) is 1.57. The Balaban J connectivity index is 2.59. The van der Waals surface area contributed by atoms with Gasteiger partial charge in [0.2, 0.25) is 0 Å². The summed E-state index contributed by atoms with van der Waals surface area (Å²) in [4.78, 5) is 0. The normalized spacial score (nSPS) is 13.9. The minimum atomic E-state index is -4.29. The number of benzene rings is 1. The van der Waals surface area contributed by atoms with Gasteiger partial charge < -0.3 is 10.4 Å². The van der Waals surface area contributed by atoms with Crippen molar-refractivity contribution in [3.8, 4) is 0 Å². The van der Waals surface area contributed by atoms with Gasteiger partial charge in [0.05, 0.1) is 12.2 Å². The second kappa shape index (κ2) is 6.20. The molecule has 0 fully saturated rings. The van der Waals surface area contributed by atoms with E-state index in [4.69, 9.17) is 5.11 Å². The van der Waals surface area contributed by atoms with Crippen molar-refractivity contribution < 1.29 is 18.3 Å². The molecule has 0 saturated carbocycles. The number of aliphatic hydroxyl groups excluding tert-OH is 1. The largest absolute Gasteiger partial charge is 0.416 e. The van der Waals surface area contributed by atoms with Gasteiger partial charge in [-0.3, -0.25) is 0 Å². The molecule has 2 nitrogen and oxygen atoms in total. The molecule has 0 aromatic heterocycles. The van der Waals surface area contributed by atoms with Crippen molar-refractivity contribution in [1.29, 1.82) is 0 Å². The van der Waals surface area contributed by atoms with Crippen LogP contribution in [0.15, 0.2) is 24.3 Å². The first-order chi connectivity index (χ1) is 8.34. The van der Waals surface area contributed by atoms with Crippen molar-refractivity contribution in [3.05, 3.63) is 35.4 Å². The van der Waals surface area contributed by atoms with E-state index in [1.807, 2.05) is 13.8 Å². The molecule has 0 radical (unpaired) electrons. The molecule has 1 aromatic rings. The second-order valence-electron chi connectivity index (χ2n) is 4.61. The lowest BCUT2D eigenvalue weighted by molar-refractivity contribution is -0.137. The van der Waals surface area contributed by atoms with Gasteiger partial charge in [-0.25, -0.2) is 0 Å². The molecule has 1 aromatic carbocycles. The third-order valence-corrected chi connectivity index (χ3v) is 2.85. The van der Waals surface area contributed by atoms with Gasteiger partial charge in [-0.1, -0.05) is 26.0 Å². The molecule has 0 bridgehead atoms. The maximum absolute atomic E-state index is 12.3. The van der Waals surface area contributed by atoms with Crippen molar-refractivity contribution in [2.75, 3.05) is 6.61 Å². The summed E-state index contributed by atoms with van der Waals surface area (Å²) in [5.41, 5.74) is 0.121. The van der Waals surface area contributed by atoms with Gasteiger partial charge in [0.1, 0.15) is 0 Å². The summed E-state index contributed by atoms with van der Waals surface area (Å²) < 4.78 is 37.0. The molecule has 0 saturated heterocycles. The number of alkyl halides is 3. The Kier molecular flexibility index (Phi) is 5.16. The summed E-state index contributed by atoms with van der Waals surface area (Å²) >= 11 is 0. The molecule has 0 amide bonds. The Bertz CT molecular complexity index is 359. The first kappa shape index (κ1) is 15.0. The minimum absolute atomic E-state index is 0.0122. The molecule has 102 valence electrons. The zero-order chi connectivity index (χ0) is 13.8. The smallest absolute Gasteiger partial charge is 0.395 e. The maximum Gasteiger partial charge on any atom is 0.416 e. The summed E-state index contributed by atoms with van der Waals surface area (Å²) in [6, 6.07) is 4.99. The molecular weight excluding hydrogens is 243 g/mol. The van der Waals surface area contributed by atoms with E-state index in [1.54, 1.807) is 0 Å². The molecule has 0 aliphatic rings. The molecule has 0 heterocycles. The van der Waals surface area contributed by atoms with Gasteiger partial charge >= 0.3 is 6.18 Å². The Morgan fingerprint density at radius 1 is 1.17 bits per heavy atom. The van der Waals surface area contributed by atoms with Crippen LogP contribution in [0.5, 0.6) is 0 Å². The molecule has 18 heavy (non-hydrogen) atoms. The maximum atomic E-state index is 12.3. The molecule has 0 aliphatic heterocycles. The predicted octanol–water partition coefficient (Wildman–Crippen LogP) is 2.81. The van der Waals surface area contributed by atoms with E-state index < -0.39 is 11.7 Å². The lowest BCUT2D eigenvalue weighted by Crippen LogP contribution is -2.36. The number of nitrogens with one attached hydrogen (secondary N) is 1. The number of aliphatic hydroxyl groups is 1. The summed E-state index contributed by atoms with van der Waals surface area (Å²) in [5, 5.41) is 12.2. The lowest BCUT2D eigenvalue weighted by atomic mass is 10.0. The standard InChI is InChI=1S/C13H18F3NO/c1-9(2)12(8-18)17-7-10-3-5-11(6-4-10)13(14,15)16/h3-6,9,12,17-18H,7-8H2,1-2H3. The SMILES string of the molecule is CC(C)C(CO)NCc1ccc(C(F)(F)F)cc1. The van der Waals surface area contributed by atoms with Gasteiger partial charge in [0.15, 0.2) is 0 Å². The number of hydrogen-bond donors (Lipinski definition) is 2. The molecule has 2 N–H and O–H groups in total. The number of halogens is 3. The van der Waals surface area contributed by atoms with Crippen molar-refractivity contribution >= 4 is 0 Å². The molecule has 1 rings (SSSR count). The lowest BCUT2D eigenvalue weighted by Gasteiger charge is -2.20. The molecular formula is C13H18F3NO. The van der Waals surface area contributed by atoms with Crippen LogP contribution >= 0.6 is 0 Å². The van der Waals surface area contributed by atoms with Gasteiger partial charge in [0, 0.05) is 12.6 Å². The van der Waals surface area contributed by atoms with E-state index in [-0.39, 0.29) is 18.6 Å². The van der Waals surface area contributed by atoms with Crippen LogP contribution in [0.25, 0.3) is 0 Å². The summed E-state index contributed by atoms with van der Waals surface area (Å²) in [6.07, 6.45) is -4.29. The van der Waals surface area contributed by atoms with Crippen LogP contribution in [0.4, 0.5) is 13.2 Å². The minimum Gasteiger partial charge on any atom is -0.395 e.